The molecule has 27 heavy (non-hydrogen) atoms. The van der Waals surface area contributed by atoms with Crippen molar-refractivity contribution >= 4 is 34.5 Å². The average molecular weight is 359 g/mol. The second kappa shape index (κ2) is 6.57. The van der Waals surface area contributed by atoms with Crippen LogP contribution in [0, 0.1) is 0 Å². The Labute approximate surface area is 155 Å². The zero-order chi connectivity index (χ0) is 19.0. The maximum absolute atomic E-state index is 12.8. The molecule has 0 bridgehead atoms. The van der Waals surface area contributed by atoms with Crippen molar-refractivity contribution in [1.29, 1.82) is 0 Å². The van der Waals surface area contributed by atoms with E-state index < -0.39 is 5.91 Å². The van der Waals surface area contributed by atoms with Crippen LogP contribution in [0.5, 0.6) is 5.75 Å². The molecule has 0 fully saturated rings. The number of imide groups is 1. The Morgan fingerprint density at radius 1 is 1.07 bits per heavy atom. The Morgan fingerprint density at radius 2 is 1.85 bits per heavy atom. The lowest BCUT2D eigenvalue weighted by Gasteiger charge is -2.06. The van der Waals surface area contributed by atoms with Gasteiger partial charge in [0.05, 0.1) is 12.7 Å². The average Bonchev–Trinajstić information content (AvgIpc) is 3.21. The second-order valence-electron chi connectivity index (χ2n) is 6.18. The summed E-state index contributed by atoms with van der Waals surface area (Å²) < 4.78 is 5.29. The molecular weight excluding hydrogens is 342 g/mol. The van der Waals surface area contributed by atoms with Gasteiger partial charge >= 0.3 is 0 Å². The molecule has 4 rings (SSSR count). The van der Waals surface area contributed by atoms with Crippen molar-refractivity contribution in [2.24, 2.45) is 4.99 Å². The molecule has 3 aromatic rings. The van der Waals surface area contributed by atoms with Gasteiger partial charge in [0.15, 0.2) is 0 Å². The molecule has 1 aliphatic heterocycles. The highest BCUT2D eigenvalue weighted by atomic mass is 16.5. The van der Waals surface area contributed by atoms with E-state index in [0.29, 0.717) is 11.3 Å². The van der Waals surface area contributed by atoms with Gasteiger partial charge in [-0.1, -0.05) is 30.3 Å². The maximum Gasteiger partial charge on any atom is 0.279 e. The number of ether oxygens (including phenoxy) is 1. The molecule has 0 spiro atoms. The standard InChI is InChI=1S/C21H17N3O3/c1-24-20(25)18(16-12-22-17-9-8-14(27-2)10-15(16)17)19(21(24)26)23-11-13-6-4-3-5-7-13/h3-12,22H,1-2H3. The summed E-state index contributed by atoms with van der Waals surface area (Å²) in [7, 11) is 3.05. The van der Waals surface area contributed by atoms with E-state index in [2.05, 4.69) is 9.98 Å². The summed E-state index contributed by atoms with van der Waals surface area (Å²) in [4.78, 5) is 33.9. The summed E-state index contributed by atoms with van der Waals surface area (Å²) in [5.41, 5.74) is 2.75. The van der Waals surface area contributed by atoms with Gasteiger partial charge in [0.25, 0.3) is 11.8 Å². The van der Waals surface area contributed by atoms with E-state index in [1.54, 1.807) is 19.5 Å². The van der Waals surface area contributed by atoms with E-state index in [1.807, 2.05) is 48.5 Å². The number of carbonyl (C=O) groups excluding carboxylic acids is 2. The number of H-pyrrole nitrogens is 1. The van der Waals surface area contributed by atoms with Crippen LogP contribution < -0.4 is 4.74 Å². The number of nitrogens with zero attached hydrogens (tertiary/aromatic N) is 2. The lowest BCUT2D eigenvalue weighted by Crippen LogP contribution is -2.26. The monoisotopic (exact) mass is 359 g/mol. The fraction of sp³-hybridized carbons (Fsp3) is 0.0952. The number of rotatable bonds is 4. The lowest BCUT2D eigenvalue weighted by molar-refractivity contribution is -0.135. The summed E-state index contributed by atoms with van der Waals surface area (Å²) >= 11 is 0. The van der Waals surface area contributed by atoms with Crippen molar-refractivity contribution in [3.8, 4) is 5.75 Å². The molecule has 2 amide bonds. The highest BCUT2D eigenvalue weighted by Gasteiger charge is 2.37. The van der Waals surface area contributed by atoms with Gasteiger partial charge in [-0.25, -0.2) is 4.99 Å². The molecule has 0 unspecified atom stereocenters. The summed E-state index contributed by atoms with van der Waals surface area (Å²) in [6, 6.07) is 15.0. The minimum atomic E-state index is -0.417. The highest BCUT2D eigenvalue weighted by Crippen LogP contribution is 2.35. The van der Waals surface area contributed by atoms with E-state index in [4.69, 9.17) is 4.74 Å². The molecular formula is C21H17N3O3. The highest BCUT2D eigenvalue weighted by molar-refractivity contribution is 6.37. The first-order valence-electron chi connectivity index (χ1n) is 8.41. The molecule has 0 aliphatic carbocycles. The van der Waals surface area contributed by atoms with Crippen LogP contribution in [0.4, 0.5) is 0 Å². The lowest BCUT2D eigenvalue weighted by atomic mass is 10.0. The minimum Gasteiger partial charge on any atom is -0.497 e. The number of hydrogen-bond donors (Lipinski definition) is 1. The number of fused-ring (bicyclic) bond motifs is 1. The van der Waals surface area contributed by atoms with Gasteiger partial charge in [-0.3, -0.25) is 14.5 Å². The van der Waals surface area contributed by atoms with E-state index in [1.165, 1.54) is 7.05 Å². The van der Waals surface area contributed by atoms with Crippen LogP contribution in [0.2, 0.25) is 0 Å². The number of amides is 2. The van der Waals surface area contributed by atoms with E-state index in [0.717, 1.165) is 21.4 Å². The first-order valence-corrected chi connectivity index (χ1v) is 8.41. The second-order valence-corrected chi connectivity index (χ2v) is 6.18. The van der Waals surface area contributed by atoms with Crippen LogP contribution >= 0.6 is 0 Å². The third-order valence-electron chi connectivity index (χ3n) is 4.56. The van der Waals surface area contributed by atoms with Crippen LogP contribution in [0.3, 0.4) is 0 Å². The molecule has 1 aliphatic rings. The molecule has 2 aromatic carbocycles. The summed E-state index contributed by atoms with van der Waals surface area (Å²) in [6.07, 6.45) is 3.32. The van der Waals surface area contributed by atoms with Crippen molar-refractivity contribution in [2.75, 3.05) is 14.2 Å². The Morgan fingerprint density at radius 3 is 2.59 bits per heavy atom. The number of methoxy groups -OCH3 is 1. The number of likely N-dealkylation sites (N-methyl/N-ethyl adjacent to an activating group) is 1. The van der Waals surface area contributed by atoms with Gasteiger partial charge < -0.3 is 9.72 Å². The van der Waals surface area contributed by atoms with Crippen LogP contribution in [0.25, 0.3) is 16.5 Å². The zero-order valence-electron chi connectivity index (χ0n) is 14.9. The number of aromatic nitrogens is 1. The molecule has 6 nitrogen and oxygen atoms in total. The predicted octanol–water partition coefficient (Wildman–Crippen LogP) is 3.01. The predicted molar refractivity (Wildman–Crippen MR) is 104 cm³/mol. The number of nitrogens with one attached hydrogen (secondary N) is 1. The Kier molecular flexibility index (Phi) is 4.08. The van der Waals surface area contributed by atoms with Crippen molar-refractivity contribution in [3.05, 3.63) is 71.6 Å². The van der Waals surface area contributed by atoms with Gasteiger partial charge in [-0.05, 0) is 23.8 Å². The van der Waals surface area contributed by atoms with E-state index in [-0.39, 0.29) is 17.2 Å². The quantitative estimate of drug-likeness (QED) is 0.575. The zero-order valence-corrected chi connectivity index (χ0v) is 14.9. The molecule has 0 saturated carbocycles. The number of carbonyl (C=O) groups is 2. The Hall–Kier alpha value is -3.67. The molecule has 1 aromatic heterocycles. The minimum absolute atomic E-state index is 0.134. The summed E-state index contributed by atoms with van der Waals surface area (Å²) in [5, 5.41) is 0.799. The maximum atomic E-state index is 12.8. The number of aliphatic imine (C=N–C) groups is 1. The van der Waals surface area contributed by atoms with Gasteiger partial charge in [-0.15, -0.1) is 0 Å². The fourth-order valence-electron chi connectivity index (χ4n) is 3.10. The third-order valence-corrected chi connectivity index (χ3v) is 4.56. The first-order chi connectivity index (χ1) is 13.1. The van der Waals surface area contributed by atoms with Crippen molar-refractivity contribution in [3.63, 3.8) is 0 Å². The molecule has 0 saturated heterocycles. The van der Waals surface area contributed by atoms with Crippen molar-refractivity contribution in [2.45, 2.75) is 0 Å². The van der Waals surface area contributed by atoms with Gasteiger partial charge in [-0.2, -0.15) is 0 Å². The molecule has 2 heterocycles. The number of benzene rings is 2. The Bertz CT molecular complexity index is 1110. The van der Waals surface area contributed by atoms with Gasteiger partial charge in [0.1, 0.15) is 11.4 Å². The van der Waals surface area contributed by atoms with Gasteiger partial charge in [0, 0.05) is 35.9 Å². The summed E-state index contributed by atoms with van der Waals surface area (Å²) in [6.45, 7) is 0. The molecule has 6 heteroatoms. The number of hydrogen-bond acceptors (Lipinski definition) is 4. The smallest absolute Gasteiger partial charge is 0.279 e. The van der Waals surface area contributed by atoms with Crippen LogP contribution in [0.15, 0.2) is 65.4 Å². The van der Waals surface area contributed by atoms with Crippen LogP contribution in [0.1, 0.15) is 11.1 Å². The summed E-state index contributed by atoms with van der Waals surface area (Å²) in [5.74, 6) is -0.119. The van der Waals surface area contributed by atoms with E-state index in [9.17, 15) is 9.59 Å². The van der Waals surface area contributed by atoms with Crippen molar-refractivity contribution < 1.29 is 14.3 Å². The fourth-order valence-corrected chi connectivity index (χ4v) is 3.10. The Balaban J connectivity index is 1.89. The topological polar surface area (TPSA) is 74.8 Å². The molecule has 0 atom stereocenters. The SMILES string of the molecule is COc1ccc2[nH]cc(C3=C(N=Cc4ccccc4)C(=O)N(C)C3=O)c2c1. The van der Waals surface area contributed by atoms with Crippen LogP contribution in [-0.2, 0) is 9.59 Å². The molecule has 1 N–H and O–H groups in total. The largest absolute Gasteiger partial charge is 0.497 e. The molecule has 0 radical (unpaired) electrons. The molecule has 134 valence electrons. The van der Waals surface area contributed by atoms with Gasteiger partial charge in [0.2, 0.25) is 0 Å². The van der Waals surface area contributed by atoms with Crippen molar-refractivity contribution in [1.82, 2.24) is 9.88 Å². The third kappa shape index (κ3) is 2.81. The number of aromatic amines is 1. The normalized spacial score (nSPS) is 14.8. The van der Waals surface area contributed by atoms with Crippen LogP contribution in [-0.4, -0.2) is 42.1 Å². The first kappa shape index (κ1) is 16.8. The van der Waals surface area contributed by atoms with E-state index >= 15 is 0 Å².